The highest BCUT2D eigenvalue weighted by Gasteiger charge is 2.26. The number of anilines is 1. The third kappa shape index (κ3) is 3.79. The molecule has 2 aromatic carbocycles. The fourth-order valence-corrected chi connectivity index (χ4v) is 4.68. The summed E-state index contributed by atoms with van der Waals surface area (Å²) in [5.74, 6) is 2.32. The van der Waals surface area contributed by atoms with Crippen LogP contribution in [0.1, 0.15) is 37.5 Å². The fraction of sp³-hybridized carbons (Fsp3) is 0.333. The van der Waals surface area contributed by atoms with Gasteiger partial charge >= 0.3 is 0 Å². The van der Waals surface area contributed by atoms with Gasteiger partial charge in [0.1, 0.15) is 16.9 Å². The number of rotatable bonds is 6. The largest absolute Gasteiger partial charge is 0.496 e. The number of hydrogen-bond donors (Lipinski definition) is 1. The minimum absolute atomic E-state index is 0.0536. The molecule has 0 saturated carbocycles. The molecule has 0 bridgehead atoms. The van der Waals surface area contributed by atoms with Gasteiger partial charge in [0.15, 0.2) is 11.4 Å². The molecule has 0 aliphatic carbocycles. The van der Waals surface area contributed by atoms with E-state index in [9.17, 15) is 0 Å². The van der Waals surface area contributed by atoms with Crippen LogP contribution < -0.4 is 14.2 Å². The van der Waals surface area contributed by atoms with E-state index >= 15 is 0 Å². The summed E-state index contributed by atoms with van der Waals surface area (Å²) in [5, 5.41) is 9.49. The highest BCUT2D eigenvalue weighted by Crippen LogP contribution is 2.42. The molecule has 1 aliphatic rings. The highest BCUT2D eigenvalue weighted by atomic mass is 32.2. The van der Waals surface area contributed by atoms with Crippen molar-refractivity contribution < 1.29 is 14.0 Å². The van der Waals surface area contributed by atoms with Crippen molar-refractivity contribution in [1.82, 2.24) is 14.9 Å². The molecule has 8 heteroatoms. The van der Waals surface area contributed by atoms with Gasteiger partial charge in [0.05, 0.1) is 25.2 Å². The molecule has 2 aromatic heterocycles. The molecule has 0 atom stereocenters. The quantitative estimate of drug-likeness (QED) is 0.393. The van der Waals surface area contributed by atoms with Crippen LogP contribution in [-0.4, -0.2) is 28.7 Å². The molecule has 0 amide bonds. The first-order valence-corrected chi connectivity index (χ1v) is 11.4. The number of fused-ring (bicyclic) bond motifs is 3. The van der Waals surface area contributed by atoms with Gasteiger partial charge in [0, 0.05) is 24.4 Å². The van der Waals surface area contributed by atoms with Crippen molar-refractivity contribution in [3.05, 3.63) is 59.4 Å². The van der Waals surface area contributed by atoms with Crippen LogP contribution in [0.4, 0.5) is 5.82 Å². The molecule has 0 spiro atoms. The summed E-state index contributed by atoms with van der Waals surface area (Å²) in [5.41, 5.74) is 4.31. The normalized spacial score (nSPS) is 13.2. The first kappa shape index (κ1) is 20.8. The Kier molecular flexibility index (Phi) is 5.25. The lowest BCUT2D eigenvalue weighted by Gasteiger charge is -2.20. The van der Waals surface area contributed by atoms with Crippen LogP contribution in [0.2, 0.25) is 0 Å². The van der Waals surface area contributed by atoms with Crippen molar-refractivity contribution in [2.45, 2.75) is 44.0 Å². The maximum atomic E-state index is 6.02. The van der Waals surface area contributed by atoms with Crippen LogP contribution in [0.25, 0.3) is 11.0 Å². The van der Waals surface area contributed by atoms with Crippen LogP contribution in [0.5, 0.6) is 11.5 Å². The highest BCUT2D eigenvalue weighted by molar-refractivity contribution is 8.00. The zero-order valence-corrected chi connectivity index (χ0v) is 19.5. The maximum Gasteiger partial charge on any atom is 0.191 e. The molecule has 1 N–H and O–H groups in total. The number of hydrogen-bond acceptors (Lipinski definition) is 7. The standard InChI is InChI=1S/C24H26N4O3S/c1-24(2,3)16-6-7-20(18(13-16)29-4)32-27-23-21-19(31-26-23)12-15(14-28-10-5-9-25-28)17-8-11-30-22(17)21/h5-7,9-10,12-13H,8,11,14H2,1-4H3,(H,26,27). The molecule has 5 rings (SSSR count). The molecule has 0 radical (unpaired) electrons. The molecule has 7 nitrogen and oxygen atoms in total. The lowest BCUT2D eigenvalue weighted by atomic mass is 9.87. The average molecular weight is 451 g/mol. The monoisotopic (exact) mass is 450 g/mol. The van der Waals surface area contributed by atoms with Crippen molar-refractivity contribution in [2.75, 3.05) is 18.4 Å². The Labute approximate surface area is 191 Å². The Bertz CT molecular complexity index is 1260. The Morgan fingerprint density at radius 3 is 2.88 bits per heavy atom. The molecule has 32 heavy (non-hydrogen) atoms. The molecular formula is C24H26N4O3S. The lowest BCUT2D eigenvalue weighted by molar-refractivity contribution is 0.360. The SMILES string of the molecule is COc1cc(C(C)(C)C)ccc1SNc1noc2cc(Cn3cccn3)c3c(c12)OCC3. The van der Waals surface area contributed by atoms with Gasteiger partial charge in [0.25, 0.3) is 0 Å². The molecule has 3 heterocycles. The second kappa shape index (κ2) is 8.09. The van der Waals surface area contributed by atoms with Crippen molar-refractivity contribution in [2.24, 2.45) is 0 Å². The fourth-order valence-electron chi connectivity index (χ4n) is 3.95. The van der Waals surface area contributed by atoms with Gasteiger partial charge in [-0.15, -0.1) is 0 Å². The van der Waals surface area contributed by atoms with E-state index in [1.165, 1.54) is 23.1 Å². The summed E-state index contributed by atoms with van der Waals surface area (Å²) in [6, 6.07) is 10.3. The van der Waals surface area contributed by atoms with Gasteiger partial charge in [-0.1, -0.05) is 32.0 Å². The predicted molar refractivity (Wildman–Crippen MR) is 126 cm³/mol. The van der Waals surface area contributed by atoms with Gasteiger partial charge < -0.3 is 18.7 Å². The summed E-state index contributed by atoms with van der Waals surface area (Å²) in [6.45, 7) is 7.89. The smallest absolute Gasteiger partial charge is 0.191 e. The van der Waals surface area contributed by atoms with E-state index in [0.29, 0.717) is 24.6 Å². The first-order chi connectivity index (χ1) is 15.4. The molecule has 166 valence electrons. The number of aromatic nitrogens is 3. The molecule has 0 unspecified atom stereocenters. The van der Waals surface area contributed by atoms with Crippen molar-refractivity contribution in [3.63, 3.8) is 0 Å². The summed E-state index contributed by atoms with van der Waals surface area (Å²) in [7, 11) is 1.69. The van der Waals surface area contributed by atoms with E-state index in [0.717, 1.165) is 33.8 Å². The van der Waals surface area contributed by atoms with E-state index in [1.54, 1.807) is 13.3 Å². The first-order valence-electron chi connectivity index (χ1n) is 10.6. The third-order valence-electron chi connectivity index (χ3n) is 5.69. The number of benzene rings is 2. The molecule has 1 aliphatic heterocycles. The van der Waals surface area contributed by atoms with Crippen LogP contribution in [0.15, 0.2) is 52.1 Å². The van der Waals surface area contributed by atoms with Crippen LogP contribution in [0, 0.1) is 0 Å². The third-order valence-corrected chi connectivity index (χ3v) is 6.54. The maximum absolute atomic E-state index is 6.02. The Hall–Kier alpha value is -3.13. The lowest BCUT2D eigenvalue weighted by Crippen LogP contribution is -2.11. The minimum atomic E-state index is 0.0536. The second-order valence-corrected chi connectivity index (χ2v) is 9.72. The zero-order valence-electron chi connectivity index (χ0n) is 18.6. The zero-order chi connectivity index (χ0) is 22.3. The van der Waals surface area contributed by atoms with Gasteiger partial charge in [-0.25, -0.2) is 0 Å². The Balaban J connectivity index is 1.44. The molecule has 4 aromatic rings. The van der Waals surface area contributed by atoms with Crippen LogP contribution >= 0.6 is 11.9 Å². The number of nitrogens with one attached hydrogen (secondary N) is 1. The van der Waals surface area contributed by atoms with Crippen molar-refractivity contribution in [1.29, 1.82) is 0 Å². The van der Waals surface area contributed by atoms with Crippen LogP contribution in [-0.2, 0) is 18.4 Å². The number of methoxy groups -OCH3 is 1. The Morgan fingerprint density at radius 2 is 2.12 bits per heavy atom. The van der Waals surface area contributed by atoms with Gasteiger partial charge in [-0.3, -0.25) is 4.68 Å². The molecule has 0 fully saturated rings. The second-order valence-electron chi connectivity index (χ2n) is 8.87. The van der Waals surface area contributed by atoms with Gasteiger partial charge in [-0.05, 0) is 52.8 Å². The van der Waals surface area contributed by atoms with Crippen LogP contribution in [0.3, 0.4) is 0 Å². The summed E-state index contributed by atoms with van der Waals surface area (Å²) in [4.78, 5) is 0.976. The summed E-state index contributed by atoms with van der Waals surface area (Å²) >= 11 is 1.45. The molecule has 0 saturated heterocycles. The summed E-state index contributed by atoms with van der Waals surface area (Å²) in [6.07, 6.45) is 4.60. The number of nitrogens with zero attached hydrogens (tertiary/aromatic N) is 3. The summed E-state index contributed by atoms with van der Waals surface area (Å²) < 4.78 is 22.6. The van der Waals surface area contributed by atoms with E-state index in [2.05, 4.69) is 53.9 Å². The Morgan fingerprint density at radius 1 is 1.25 bits per heavy atom. The number of ether oxygens (including phenoxy) is 2. The van der Waals surface area contributed by atoms with Crippen molar-refractivity contribution >= 4 is 28.7 Å². The predicted octanol–water partition coefficient (Wildman–Crippen LogP) is 5.43. The topological polar surface area (TPSA) is 74.3 Å². The van der Waals surface area contributed by atoms with E-state index in [4.69, 9.17) is 14.0 Å². The molecular weight excluding hydrogens is 424 g/mol. The van der Waals surface area contributed by atoms with E-state index in [-0.39, 0.29) is 5.41 Å². The van der Waals surface area contributed by atoms with Gasteiger partial charge in [-0.2, -0.15) is 5.10 Å². The van der Waals surface area contributed by atoms with E-state index in [1.807, 2.05) is 23.0 Å². The average Bonchev–Trinajstić information content (AvgIpc) is 3.52. The minimum Gasteiger partial charge on any atom is -0.496 e. The van der Waals surface area contributed by atoms with Gasteiger partial charge in [0.2, 0.25) is 0 Å². The van der Waals surface area contributed by atoms with Crippen molar-refractivity contribution in [3.8, 4) is 11.5 Å². The van der Waals surface area contributed by atoms with E-state index < -0.39 is 0 Å².